The van der Waals surface area contributed by atoms with Crippen molar-refractivity contribution in [1.29, 1.82) is 0 Å². The van der Waals surface area contributed by atoms with Gasteiger partial charge in [-0.05, 0) is 30.7 Å². The molecule has 3 heteroatoms. The number of ketones is 1. The van der Waals surface area contributed by atoms with Crippen LogP contribution in [-0.4, -0.2) is 12.3 Å². The van der Waals surface area contributed by atoms with E-state index >= 15 is 0 Å². The Hall–Kier alpha value is -2.39. The van der Waals surface area contributed by atoms with Gasteiger partial charge in [-0.2, -0.15) is 0 Å². The number of hydrogen-bond acceptors (Lipinski definition) is 3. The van der Waals surface area contributed by atoms with Gasteiger partial charge in [0.25, 0.3) is 0 Å². The molecule has 0 spiro atoms. The van der Waals surface area contributed by atoms with Gasteiger partial charge < -0.3 is 11.5 Å². The highest BCUT2D eigenvalue weighted by atomic mass is 16.1. The van der Waals surface area contributed by atoms with Crippen LogP contribution in [0.25, 0.3) is 6.08 Å². The Morgan fingerprint density at radius 3 is 2.55 bits per heavy atom. The molecule has 102 valence electrons. The third-order valence-corrected chi connectivity index (χ3v) is 3.00. The van der Waals surface area contributed by atoms with E-state index in [1.54, 1.807) is 18.2 Å². The smallest absolute Gasteiger partial charge is 0.195 e. The van der Waals surface area contributed by atoms with Gasteiger partial charge in [-0.1, -0.05) is 48.6 Å². The lowest BCUT2D eigenvalue weighted by Crippen LogP contribution is -2.05. The van der Waals surface area contributed by atoms with Gasteiger partial charge in [0.1, 0.15) is 0 Å². The maximum absolute atomic E-state index is 12.4. The van der Waals surface area contributed by atoms with Crippen LogP contribution in [0.5, 0.6) is 0 Å². The molecule has 0 unspecified atom stereocenters. The van der Waals surface area contributed by atoms with Crippen molar-refractivity contribution in [3.63, 3.8) is 0 Å². The number of carbonyl (C=O) groups excluding carboxylic acids is 1. The van der Waals surface area contributed by atoms with Crippen molar-refractivity contribution in [3.05, 3.63) is 71.3 Å². The molecular weight excluding hydrogens is 248 g/mol. The molecule has 0 radical (unpaired) electrons. The average Bonchev–Trinajstić information content (AvgIpc) is 2.49. The van der Waals surface area contributed by atoms with E-state index in [1.165, 1.54) is 0 Å². The summed E-state index contributed by atoms with van der Waals surface area (Å²) in [5.41, 5.74) is 14.0. The maximum Gasteiger partial charge on any atom is 0.195 e. The number of carbonyl (C=O) groups is 1. The summed E-state index contributed by atoms with van der Waals surface area (Å²) in [6, 6.07) is 14.6. The molecule has 0 bridgehead atoms. The fourth-order valence-electron chi connectivity index (χ4n) is 1.93. The Kier molecular flexibility index (Phi) is 4.69. The number of anilines is 1. The third kappa shape index (κ3) is 3.33. The van der Waals surface area contributed by atoms with Gasteiger partial charge in [0.05, 0.1) is 0 Å². The summed E-state index contributed by atoms with van der Waals surface area (Å²) in [5.74, 6) is -0.0582. The number of hydrogen-bond donors (Lipinski definition) is 2. The highest BCUT2D eigenvalue weighted by Crippen LogP contribution is 2.19. The molecule has 0 aliphatic rings. The molecule has 0 atom stereocenters. The molecule has 4 N–H and O–H groups in total. The van der Waals surface area contributed by atoms with Crippen LogP contribution in [0.15, 0.2) is 54.6 Å². The van der Waals surface area contributed by atoms with Crippen molar-refractivity contribution < 1.29 is 4.79 Å². The minimum atomic E-state index is -0.0582. The Morgan fingerprint density at radius 1 is 1.10 bits per heavy atom. The summed E-state index contributed by atoms with van der Waals surface area (Å²) in [5, 5.41) is 0. The van der Waals surface area contributed by atoms with Crippen LogP contribution in [0.4, 0.5) is 5.69 Å². The Morgan fingerprint density at radius 2 is 1.85 bits per heavy atom. The summed E-state index contributed by atoms with van der Waals surface area (Å²) in [7, 11) is 0. The molecule has 2 aromatic carbocycles. The van der Waals surface area contributed by atoms with Gasteiger partial charge in [0.2, 0.25) is 0 Å². The van der Waals surface area contributed by atoms with Gasteiger partial charge in [-0.3, -0.25) is 4.79 Å². The highest BCUT2D eigenvalue weighted by Gasteiger charge is 2.12. The molecule has 20 heavy (non-hydrogen) atoms. The molecule has 0 fully saturated rings. The molecule has 3 nitrogen and oxygen atoms in total. The molecule has 0 saturated carbocycles. The van der Waals surface area contributed by atoms with Crippen LogP contribution < -0.4 is 11.5 Å². The van der Waals surface area contributed by atoms with E-state index in [0.717, 1.165) is 12.0 Å². The van der Waals surface area contributed by atoms with E-state index in [-0.39, 0.29) is 5.78 Å². The zero-order valence-corrected chi connectivity index (χ0v) is 11.3. The first kappa shape index (κ1) is 14.0. The van der Waals surface area contributed by atoms with Crippen molar-refractivity contribution in [2.24, 2.45) is 5.73 Å². The molecule has 0 aromatic heterocycles. The summed E-state index contributed by atoms with van der Waals surface area (Å²) >= 11 is 0. The predicted molar refractivity (Wildman–Crippen MR) is 83.4 cm³/mol. The van der Waals surface area contributed by atoms with E-state index in [1.807, 2.05) is 42.5 Å². The van der Waals surface area contributed by atoms with Crippen molar-refractivity contribution in [1.82, 2.24) is 0 Å². The molecule has 2 aromatic rings. The lowest BCUT2D eigenvalue weighted by Gasteiger charge is -2.06. The molecule has 0 amide bonds. The first-order valence-corrected chi connectivity index (χ1v) is 6.58. The summed E-state index contributed by atoms with van der Waals surface area (Å²) in [6.45, 7) is 0.612. The third-order valence-electron chi connectivity index (χ3n) is 3.00. The van der Waals surface area contributed by atoms with Crippen LogP contribution in [0.1, 0.15) is 27.9 Å². The van der Waals surface area contributed by atoms with E-state index in [4.69, 9.17) is 11.5 Å². The Labute approximate surface area is 118 Å². The lowest BCUT2D eigenvalue weighted by atomic mass is 9.99. The van der Waals surface area contributed by atoms with Crippen LogP contribution in [0, 0.1) is 0 Å². The van der Waals surface area contributed by atoms with Crippen molar-refractivity contribution >= 4 is 17.5 Å². The number of nitrogen functional groups attached to an aromatic ring is 1. The molecule has 0 heterocycles. The fourth-order valence-corrected chi connectivity index (χ4v) is 1.93. The SMILES string of the molecule is NCCC=Cc1ccc(N)c(C(=O)c2ccccc2)c1. The summed E-state index contributed by atoms with van der Waals surface area (Å²) in [6.07, 6.45) is 4.75. The summed E-state index contributed by atoms with van der Waals surface area (Å²) in [4.78, 5) is 12.4. The molecular formula is C17H18N2O. The van der Waals surface area contributed by atoms with Gasteiger partial charge in [-0.15, -0.1) is 0 Å². The lowest BCUT2D eigenvalue weighted by molar-refractivity contribution is 0.103. The fraction of sp³-hybridized carbons (Fsp3) is 0.118. The van der Waals surface area contributed by atoms with Gasteiger partial charge in [0.15, 0.2) is 5.78 Å². The Bertz CT molecular complexity index is 618. The van der Waals surface area contributed by atoms with Crippen molar-refractivity contribution in [2.75, 3.05) is 12.3 Å². The van der Waals surface area contributed by atoms with Gasteiger partial charge in [-0.25, -0.2) is 0 Å². The largest absolute Gasteiger partial charge is 0.398 e. The Balaban J connectivity index is 2.31. The first-order chi connectivity index (χ1) is 9.72. The van der Waals surface area contributed by atoms with Crippen molar-refractivity contribution in [3.8, 4) is 0 Å². The minimum Gasteiger partial charge on any atom is -0.398 e. The zero-order chi connectivity index (χ0) is 14.4. The monoisotopic (exact) mass is 266 g/mol. The quantitative estimate of drug-likeness (QED) is 0.646. The second-order valence-corrected chi connectivity index (χ2v) is 4.52. The second kappa shape index (κ2) is 6.68. The van der Waals surface area contributed by atoms with Crippen molar-refractivity contribution in [2.45, 2.75) is 6.42 Å². The second-order valence-electron chi connectivity index (χ2n) is 4.52. The number of rotatable bonds is 5. The van der Waals surface area contributed by atoms with E-state index in [0.29, 0.717) is 23.4 Å². The average molecular weight is 266 g/mol. The molecule has 0 aliphatic carbocycles. The van der Waals surface area contributed by atoms with E-state index < -0.39 is 0 Å². The molecule has 0 aliphatic heterocycles. The topological polar surface area (TPSA) is 69.1 Å². The molecule has 0 saturated heterocycles. The predicted octanol–water partition coefficient (Wildman–Crippen LogP) is 2.86. The van der Waals surface area contributed by atoms with Crippen LogP contribution >= 0.6 is 0 Å². The van der Waals surface area contributed by atoms with Crippen LogP contribution in [0.3, 0.4) is 0 Å². The number of nitrogens with two attached hydrogens (primary N) is 2. The van der Waals surface area contributed by atoms with Gasteiger partial charge >= 0.3 is 0 Å². The minimum absolute atomic E-state index is 0.0582. The highest BCUT2D eigenvalue weighted by molar-refractivity contribution is 6.12. The number of benzene rings is 2. The molecule has 2 rings (SSSR count). The first-order valence-electron chi connectivity index (χ1n) is 6.58. The maximum atomic E-state index is 12.4. The van der Waals surface area contributed by atoms with E-state index in [2.05, 4.69) is 0 Å². The summed E-state index contributed by atoms with van der Waals surface area (Å²) < 4.78 is 0. The van der Waals surface area contributed by atoms with E-state index in [9.17, 15) is 4.79 Å². The van der Waals surface area contributed by atoms with Crippen LogP contribution in [0.2, 0.25) is 0 Å². The zero-order valence-electron chi connectivity index (χ0n) is 11.3. The standard InChI is InChI=1S/C17H18N2O/c18-11-5-4-6-13-9-10-16(19)15(12-13)17(20)14-7-2-1-3-8-14/h1-4,6-10,12H,5,11,18-19H2. The van der Waals surface area contributed by atoms with Gasteiger partial charge in [0, 0.05) is 16.8 Å². The normalized spacial score (nSPS) is 10.8. The van der Waals surface area contributed by atoms with Crippen LogP contribution in [-0.2, 0) is 0 Å².